The summed E-state index contributed by atoms with van der Waals surface area (Å²) in [4.78, 5) is 26.1. The van der Waals surface area contributed by atoms with Crippen molar-refractivity contribution in [2.45, 2.75) is 6.54 Å². The van der Waals surface area contributed by atoms with Gasteiger partial charge in [0.05, 0.1) is 11.1 Å². The number of hydrogen-bond donors (Lipinski definition) is 1. The highest BCUT2D eigenvalue weighted by Crippen LogP contribution is 2.24. The predicted octanol–water partition coefficient (Wildman–Crippen LogP) is 4.25. The van der Waals surface area contributed by atoms with Crippen LogP contribution in [0.15, 0.2) is 73.1 Å². The quantitative estimate of drug-likeness (QED) is 0.368. The number of aromatic nitrogens is 1. The molecule has 3 aromatic rings. The molecule has 1 heterocycles. The Morgan fingerprint density at radius 1 is 1.21 bits per heavy atom. The Labute approximate surface area is 165 Å². The maximum absolute atomic E-state index is 14.2. The van der Waals surface area contributed by atoms with Crippen molar-refractivity contribution in [3.63, 3.8) is 0 Å². The Morgan fingerprint density at radius 3 is 2.79 bits per heavy atom. The van der Waals surface area contributed by atoms with E-state index in [9.17, 15) is 19.3 Å². The van der Waals surface area contributed by atoms with Gasteiger partial charge < -0.3 is 10.1 Å². The number of hydrogen-bond acceptors (Lipinski definition) is 5. The number of ether oxygens (including phenoxy) is 1. The molecule has 0 saturated carbocycles. The van der Waals surface area contributed by atoms with Gasteiger partial charge in [-0.2, -0.15) is 0 Å². The van der Waals surface area contributed by atoms with Gasteiger partial charge in [-0.3, -0.25) is 19.9 Å². The van der Waals surface area contributed by atoms with Gasteiger partial charge in [-0.05, 0) is 41.5 Å². The van der Waals surface area contributed by atoms with Gasteiger partial charge in [0.1, 0.15) is 5.75 Å². The average molecular weight is 393 g/mol. The minimum atomic E-state index is -0.562. The number of carbonyl (C=O) groups is 1. The Kier molecular flexibility index (Phi) is 6.26. The molecular formula is C21H16FN3O4. The zero-order valence-electron chi connectivity index (χ0n) is 15.1. The number of non-ortho nitro benzene ring substituents is 1. The number of pyridine rings is 1. The monoisotopic (exact) mass is 393 g/mol. The van der Waals surface area contributed by atoms with Crippen LogP contribution in [0, 0.1) is 15.9 Å². The number of halogens is 1. The van der Waals surface area contributed by atoms with E-state index >= 15 is 0 Å². The third-order valence-corrected chi connectivity index (χ3v) is 3.83. The summed E-state index contributed by atoms with van der Waals surface area (Å²) in [6.45, 7) is 0.113. The molecule has 0 bridgehead atoms. The number of nitrogens with one attached hydrogen (secondary N) is 1. The Balaban J connectivity index is 1.57. The largest absolute Gasteiger partial charge is 0.453 e. The molecule has 0 spiro atoms. The minimum absolute atomic E-state index is 0.0543. The van der Waals surface area contributed by atoms with Crippen LogP contribution in [-0.4, -0.2) is 15.8 Å². The van der Waals surface area contributed by atoms with Crippen molar-refractivity contribution in [1.82, 2.24) is 10.3 Å². The lowest BCUT2D eigenvalue weighted by atomic mass is 10.2. The highest BCUT2D eigenvalue weighted by Gasteiger charge is 2.07. The highest BCUT2D eigenvalue weighted by atomic mass is 19.1. The molecule has 1 aromatic heterocycles. The fourth-order valence-electron chi connectivity index (χ4n) is 2.43. The molecule has 3 rings (SSSR count). The van der Waals surface area contributed by atoms with Gasteiger partial charge in [-0.25, -0.2) is 4.39 Å². The number of nitro benzene ring substituents is 1. The van der Waals surface area contributed by atoms with E-state index in [0.717, 1.165) is 0 Å². The first kappa shape index (κ1) is 19.7. The van der Waals surface area contributed by atoms with E-state index in [1.54, 1.807) is 30.5 Å². The van der Waals surface area contributed by atoms with Gasteiger partial charge in [-0.15, -0.1) is 0 Å². The summed E-state index contributed by atoms with van der Waals surface area (Å²) in [6.07, 6.45) is 5.78. The van der Waals surface area contributed by atoms with Gasteiger partial charge >= 0.3 is 0 Å². The smallest absolute Gasteiger partial charge is 0.270 e. The molecule has 8 heteroatoms. The fourth-order valence-corrected chi connectivity index (χ4v) is 2.43. The molecule has 0 aliphatic heterocycles. The van der Waals surface area contributed by atoms with Crippen LogP contribution in [0.2, 0.25) is 0 Å². The third-order valence-electron chi connectivity index (χ3n) is 3.83. The summed E-state index contributed by atoms with van der Waals surface area (Å²) in [5.41, 5.74) is 1.02. The number of amides is 1. The molecular weight excluding hydrogens is 377 g/mol. The third kappa shape index (κ3) is 5.70. The molecule has 0 unspecified atom stereocenters. The van der Waals surface area contributed by atoms with Crippen molar-refractivity contribution >= 4 is 17.7 Å². The number of nitrogens with zero attached hydrogens (tertiary/aromatic N) is 2. The lowest BCUT2D eigenvalue weighted by molar-refractivity contribution is -0.384. The second kappa shape index (κ2) is 9.23. The SMILES string of the molecule is O=C(/C=C/c1cccc([N+](=O)[O-])c1)NCc1ccc(Oc2cccnc2)c(F)c1. The summed E-state index contributed by atoms with van der Waals surface area (Å²) in [7, 11) is 0. The van der Waals surface area contributed by atoms with E-state index in [0.29, 0.717) is 16.9 Å². The van der Waals surface area contributed by atoms with Crippen molar-refractivity contribution in [3.8, 4) is 11.5 Å². The lowest BCUT2D eigenvalue weighted by Crippen LogP contribution is -2.20. The summed E-state index contributed by atoms with van der Waals surface area (Å²) in [5, 5.41) is 13.4. The first-order valence-electron chi connectivity index (χ1n) is 8.58. The Hall–Kier alpha value is -4.07. The molecule has 0 atom stereocenters. The summed E-state index contributed by atoms with van der Waals surface area (Å²) >= 11 is 0. The molecule has 0 radical (unpaired) electrons. The fraction of sp³-hybridized carbons (Fsp3) is 0.0476. The first-order chi connectivity index (χ1) is 14.0. The van der Waals surface area contributed by atoms with Crippen LogP contribution in [0.5, 0.6) is 11.5 Å². The summed E-state index contributed by atoms with van der Waals surface area (Å²) in [5.74, 6) is -0.502. The van der Waals surface area contributed by atoms with E-state index in [2.05, 4.69) is 10.3 Å². The molecule has 7 nitrogen and oxygen atoms in total. The number of rotatable bonds is 7. The second-order valence-electron chi connectivity index (χ2n) is 5.96. The van der Waals surface area contributed by atoms with Crippen LogP contribution >= 0.6 is 0 Å². The maximum Gasteiger partial charge on any atom is 0.270 e. The highest BCUT2D eigenvalue weighted by molar-refractivity contribution is 5.91. The van der Waals surface area contributed by atoms with Gasteiger partial charge in [0, 0.05) is 31.0 Å². The van der Waals surface area contributed by atoms with Crippen LogP contribution in [0.3, 0.4) is 0 Å². The molecule has 0 aliphatic carbocycles. The van der Waals surface area contributed by atoms with Gasteiger partial charge in [0.2, 0.25) is 5.91 Å². The predicted molar refractivity (Wildman–Crippen MR) is 105 cm³/mol. The van der Waals surface area contributed by atoms with Crippen LogP contribution in [0.25, 0.3) is 6.08 Å². The topological polar surface area (TPSA) is 94.4 Å². The molecule has 0 saturated heterocycles. The van der Waals surface area contributed by atoms with E-state index < -0.39 is 16.6 Å². The average Bonchev–Trinajstić information content (AvgIpc) is 2.73. The van der Waals surface area contributed by atoms with Gasteiger partial charge in [0.25, 0.3) is 5.69 Å². The summed E-state index contributed by atoms with van der Waals surface area (Å²) < 4.78 is 19.6. The Bertz CT molecular complexity index is 1050. The van der Waals surface area contributed by atoms with Crippen LogP contribution < -0.4 is 10.1 Å². The van der Waals surface area contributed by atoms with E-state index in [1.807, 2.05) is 0 Å². The normalized spacial score (nSPS) is 10.7. The number of nitro groups is 1. The van der Waals surface area contributed by atoms with E-state index in [4.69, 9.17) is 4.74 Å². The summed E-state index contributed by atoms with van der Waals surface area (Å²) in [6, 6.07) is 13.6. The van der Waals surface area contributed by atoms with Gasteiger partial charge in [0.15, 0.2) is 11.6 Å². The van der Waals surface area contributed by atoms with E-state index in [1.165, 1.54) is 48.7 Å². The molecule has 2 aromatic carbocycles. The number of carbonyl (C=O) groups excluding carboxylic acids is 1. The van der Waals surface area contributed by atoms with Crippen molar-refractivity contribution in [2.24, 2.45) is 0 Å². The standard InChI is InChI=1S/C21H16FN3O4/c22-19-12-16(6-8-20(19)29-18-5-2-10-23-14-18)13-24-21(26)9-7-15-3-1-4-17(11-15)25(27)28/h1-12,14H,13H2,(H,24,26)/b9-7+. The van der Waals surface area contributed by atoms with Crippen LogP contribution in [0.4, 0.5) is 10.1 Å². The first-order valence-corrected chi connectivity index (χ1v) is 8.58. The molecule has 1 N–H and O–H groups in total. The number of benzene rings is 2. The Morgan fingerprint density at radius 2 is 2.07 bits per heavy atom. The van der Waals surface area contributed by atoms with Crippen LogP contribution in [-0.2, 0) is 11.3 Å². The molecule has 0 aliphatic rings. The minimum Gasteiger partial charge on any atom is -0.453 e. The second-order valence-corrected chi connectivity index (χ2v) is 5.96. The van der Waals surface area contributed by atoms with Crippen molar-refractivity contribution in [3.05, 3.63) is 100 Å². The van der Waals surface area contributed by atoms with Crippen molar-refractivity contribution in [1.29, 1.82) is 0 Å². The van der Waals surface area contributed by atoms with Crippen molar-refractivity contribution in [2.75, 3.05) is 0 Å². The van der Waals surface area contributed by atoms with Crippen molar-refractivity contribution < 1.29 is 18.8 Å². The molecule has 146 valence electrons. The zero-order valence-corrected chi connectivity index (χ0v) is 15.1. The molecule has 1 amide bonds. The molecule has 29 heavy (non-hydrogen) atoms. The van der Waals surface area contributed by atoms with E-state index in [-0.39, 0.29) is 18.0 Å². The van der Waals surface area contributed by atoms with Gasteiger partial charge in [-0.1, -0.05) is 18.2 Å². The van der Waals surface area contributed by atoms with Crippen LogP contribution in [0.1, 0.15) is 11.1 Å². The maximum atomic E-state index is 14.2. The molecule has 0 fully saturated rings. The lowest BCUT2D eigenvalue weighted by Gasteiger charge is -2.08. The zero-order chi connectivity index (χ0) is 20.6.